The van der Waals surface area contributed by atoms with Crippen LogP contribution in [0.1, 0.15) is 26.7 Å². The summed E-state index contributed by atoms with van der Waals surface area (Å²) in [5.41, 5.74) is 0. The van der Waals surface area contributed by atoms with Gasteiger partial charge in [-0.25, -0.2) is 4.68 Å². The minimum atomic E-state index is 0.520. The summed E-state index contributed by atoms with van der Waals surface area (Å²) in [4.78, 5) is 0. The molecule has 5 nitrogen and oxygen atoms in total. The van der Waals surface area contributed by atoms with E-state index in [1.165, 1.54) is 12.8 Å². The van der Waals surface area contributed by atoms with Gasteiger partial charge in [0.2, 0.25) is 5.16 Å². The molecule has 6 heteroatoms. The minimum Gasteiger partial charge on any atom is -0.312 e. The van der Waals surface area contributed by atoms with Crippen LogP contribution in [0.25, 0.3) is 0 Å². The van der Waals surface area contributed by atoms with Crippen molar-refractivity contribution >= 4 is 11.8 Å². The Labute approximate surface area is 94.0 Å². The Morgan fingerprint density at radius 1 is 1.53 bits per heavy atom. The lowest BCUT2D eigenvalue weighted by atomic mass is 10.6. The maximum absolute atomic E-state index is 4.01. The van der Waals surface area contributed by atoms with Crippen LogP contribution in [0.4, 0.5) is 0 Å². The van der Waals surface area contributed by atoms with E-state index in [1.54, 1.807) is 11.8 Å². The Morgan fingerprint density at radius 2 is 2.33 bits per heavy atom. The van der Waals surface area contributed by atoms with Gasteiger partial charge in [-0.2, -0.15) is 0 Å². The minimum absolute atomic E-state index is 0.520. The van der Waals surface area contributed by atoms with Gasteiger partial charge in [0.1, 0.15) is 0 Å². The predicted octanol–water partition coefficient (Wildman–Crippen LogP) is 0.926. The average Bonchev–Trinajstić information content (AvgIpc) is 2.89. The van der Waals surface area contributed by atoms with Gasteiger partial charge in [0, 0.05) is 17.8 Å². The normalized spacial score (nSPS) is 16.2. The molecule has 0 unspecified atom stereocenters. The lowest BCUT2D eigenvalue weighted by molar-refractivity contribution is 0.509. The van der Waals surface area contributed by atoms with Gasteiger partial charge in [-0.3, -0.25) is 0 Å². The average molecular weight is 227 g/mol. The van der Waals surface area contributed by atoms with E-state index in [2.05, 4.69) is 34.7 Å². The lowest BCUT2D eigenvalue weighted by Gasteiger charge is -2.06. The van der Waals surface area contributed by atoms with Crippen molar-refractivity contribution < 1.29 is 0 Å². The van der Waals surface area contributed by atoms with Gasteiger partial charge < -0.3 is 5.32 Å². The SMILES string of the molecule is CC(C)Sc1nnnn1CCNC1CC1. The molecule has 1 aromatic heterocycles. The van der Waals surface area contributed by atoms with E-state index in [-0.39, 0.29) is 0 Å². The Balaban J connectivity index is 1.80. The van der Waals surface area contributed by atoms with Crippen molar-refractivity contribution in [3.05, 3.63) is 0 Å². The Kier molecular flexibility index (Phi) is 3.58. The third-order valence-corrected chi connectivity index (χ3v) is 3.15. The maximum atomic E-state index is 4.01. The zero-order chi connectivity index (χ0) is 10.7. The summed E-state index contributed by atoms with van der Waals surface area (Å²) in [6, 6.07) is 0.752. The Bertz CT molecular complexity index is 307. The van der Waals surface area contributed by atoms with Crippen LogP contribution in [0, 0.1) is 0 Å². The summed E-state index contributed by atoms with van der Waals surface area (Å²) in [7, 11) is 0. The molecule has 0 radical (unpaired) electrons. The van der Waals surface area contributed by atoms with Crippen LogP contribution in [0.15, 0.2) is 5.16 Å². The number of hydrogen-bond donors (Lipinski definition) is 1. The van der Waals surface area contributed by atoms with Gasteiger partial charge >= 0.3 is 0 Å². The highest BCUT2D eigenvalue weighted by Gasteiger charge is 2.20. The number of rotatable bonds is 6. The summed E-state index contributed by atoms with van der Waals surface area (Å²) in [5.74, 6) is 0. The Hall–Kier alpha value is -0.620. The molecule has 1 aliphatic carbocycles. The van der Waals surface area contributed by atoms with Crippen LogP contribution < -0.4 is 5.32 Å². The number of aromatic nitrogens is 4. The van der Waals surface area contributed by atoms with Crippen LogP contribution >= 0.6 is 11.8 Å². The second kappa shape index (κ2) is 4.94. The Morgan fingerprint density at radius 3 is 3.00 bits per heavy atom. The largest absolute Gasteiger partial charge is 0.312 e. The molecule has 1 N–H and O–H groups in total. The third-order valence-electron chi connectivity index (χ3n) is 2.17. The van der Waals surface area contributed by atoms with E-state index in [9.17, 15) is 0 Å². The van der Waals surface area contributed by atoms with Gasteiger partial charge in [-0.1, -0.05) is 25.6 Å². The fraction of sp³-hybridized carbons (Fsp3) is 0.889. The van der Waals surface area contributed by atoms with Crippen molar-refractivity contribution in [2.24, 2.45) is 0 Å². The lowest BCUT2D eigenvalue weighted by Crippen LogP contribution is -2.22. The molecule has 1 saturated carbocycles. The van der Waals surface area contributed by atoms with Crippen molar-refractivity contribution in [2.75, 3.05) is 6.54 Å². The first-order valence-electron chi connectivity index (χ1n) is 5.42. The van der Waals surface area contributed by atoms with E-state index >= 15 is 0 Å². The molecular weight excluding hydrogens is 210 g/mol. The zero-order valence-corrected chi connectivity index (χ0v) is 10.00. The number of hydrogen-bond acceptors (Lipinski definition) is 5. The summed E-state index contributed by atoms with van der Waals surface area (Å²) in [6.07, 6.45) is 2.65. The number of nitrogens with zero attached hydrogens (tertiary/aromatic N) is 4. The van der Waals surface area contributed by atoms with Gasteiger partial charge in [-0.05, 0) is 23.3 Å². The first-order valence-corrected chi connectivity index (χ1v) is 6.30. The second-order valence-electron chi connectivity index (χ2n) is 4.08. The molecule has 15 heavy (non-hydrogen) atoms. The summed E-state index contributed by atoms with van der Waals surface area (Å²) in [5, 5.41) is 16.6. The van der Waals surface area contributed by atoms with Crippen LogP contribution in [0.3, 0.4) is 0 Å². The highest BCUT2D eigenvalue weighted by Crippen LogP contribution is 2.20. The van der Waals surface area contributed by atoms with E-state index < -0.39 is 0 Å². The van der Waals surface area contributed by atoms with Crippen molar-refractivity contribution in [1.29, 1.82) is 0 Å². The maximum Gasteiger partial charge on any atom is 0.209 e. The highest BCUT2D eigenvalue weighted by atomic mass is 32.2. The van der Waals surface area contributed by atoms with E-state index in [0.29, 0.717) is 5.25 Å². The number of thioether (sulfide) groups is 1. The van der Waals surface area contributed by atoms with Gasteiger partial charge in [0.05, 0.1) is 6.54 Å². The van der Waals surface area contributed by atoms with Crippen LogP contribution in [0.5, 0.6) is 0 Å². The first kappa shape index (κ1) is 10.9. The van der Waals surface area contributed by atoms with Crippen LogP contribution in [-0.4, -0.2) is 38.0 Å². The first-order chi connectivity index (χ1) is 7.25. The molecule has 1 fully saturated rings. The molecule has 2 rings (SSSR count). The molecular formula is C9H17N5S. The molecule has 0 aliphatic heterocycles. The second-order valence-corrected chi connectivity index (χ2v) is 5.62. The monoisotopic (exact) mass is 227 g/mol. The smallest absolute Gasteiger partial charge is 0.209 e. The van der Waals surface area contributed by atoms with Gasteiger partial charge in [0.25, 0.3) is 0 Å². The molecule has 0 amide bonds. The molecule has 0 saturated heterocycles. The topological polar surface area (TPSA) is 55.6 Å². The van der Waals surface area contributed by atoms with Crippen molar-refractivity contribution in [1.82, 2.24) is 25.5 Å². The molecule has 1 aromatic rings. The molecule has 0 aromatic carbocycles. The van der Waals surface area contributed by atoms with Crippen LogP contribution in [0.2, 0.25) is 0 Å². The molecule has 0 spiro atoms. The molecule has 1 heterocycles. The summed E-state index contributed by atoms with van der Waals surface area (Å²) in [6.45, 7) is 6.11. The number of tetrazole rings is 1. The summed E-state index contributed by atoms with van der Waals surface area (Å²) >= 11 is 1.71. The highest BCUT2D eigenvalue weighted by molar-refractivity contribution is 7.99. The van der Waals surface area contributed by atoms with E-state index in [4.69, 9.17) is 0 Å². The molecule has 0 bridgehead atoms. The van der Waals surface area contributed by atoms with Crippen molar-refractivity contribution in [2.45, 2.75) is 49.7 Å². The molecule has 1 aliphatic rings. The van der Waals surface area contributed by atoms with E-state index in [1.807, 2.05) is 4.68 Å². The predicted molar refractivity (Wildman–Crippen MR) is 59.8 cm³/mol. The quantitative estimate of drug-likeness (QED) is 0.733. The fourth-order valence-electron chi connectivity index (χ4n) is 1.29. The standard InChI is InChI=1S/C9H17N5S/c1-7(2)15-9-11-12-13-14(9)6-5-10-8-3-4-8/h7-8,10H,3-6H2,1-2H3. The summed E-state index contributed by atoms with van der Waals surface area (Å²) < 4.78 is 1.88. The fourth-order valence-corrected chi connectivity index (χ4v) is 2.05. The van der Waals surface area contributed by atoms with Crippen molar-refractivity contribution in [3.8, 4) is 0 Å². The third kappa shape index (κ3) is 3.46. The molecule has 0 atom stereocenters. The van der Waals surface area contributed by atoms with Gasteiger partial charge in [0.15, 0.2) is 0 Å². The zero-order valence-electron chi connectivity index (χ0n) is 9.18. The molecule has 84 valence electrons. The van der Waals surface area contributed by atoms with Gasteiger partial charge in [-0.15, -0.1) is 5.10 Å². The van der Waals surface area contributed by atoms with E-state index in [0.717, 1.165) is 24.3 Å². The van der Waals surface area contributed by atoms with Crippen molar-refractivity contribution in [3.63, 3.8) is 0 Å². The number of nitrogens with one attached hydrogen (secondary N) is 1. The van der Waals surface area contributed by atoms with Crippen LogP contribution in [-0.2, 0) is 6.54 Å².